The Balaban J connectivity index is 0.851. The molecule has 12 aromatic carbocycles. The standard InChI is InChI=1S/C76H45N5S/c1-3-18-47(19-4-1)73-77-74(48-20-5-2-6-21-48)79-75(78-73)81-68-43-37-50(45-61(68)57-40-41-65-70(71(57)81)59-26-9-14-31-64(59)76(65)62-29-12-7-22-53(62)54-23-8-13-30-63(54)76)49-36-42-67-60(44-49)55-24-10-15-32-66(55)80(67)51-38-34-46(35-39-51)52-27-17-28-58-56-25-11-16-33-69(56)82-72(52)58/h1-45H. The fraction of sp³-hybridized carbons (Fsp3) is 0.0132. The summed E-state index contributed by atoms with van der Waals surface area (Å²) in [6.07, 6.45) is 0. The van der Waals surface area contributed by atoms with Gasteiger partial charge in [-0.25, -0.2) is 4.98 Å². The first kappa shape index (κ1) is 45.3. The molecule has 0 radical (unpaired) electrons. The van der Waals surface area contributed by atoms with E-state index in [1.807, 2.05) is 47.7 Å². The third kappa shape index (κ3) is 6.29. The number of fused-ring (bicyclic) bond motifs is 20. The summed E-state index contributed by atoms with van der Waals surface area (Å²) in [4.78, 5) is 16.1. The molecule has 0 saturated heterocycles. The van der Waals surface area contributed by atoms with E-state index in [-0.39, 0.29) is 0 Å². The fourth-order valence-corrected chi connectivity index (χ4v) is 15.4. The van der Waals surface area contributed by atoms with Crippen molar-refractivity contribution in [3.63, 3.8) is 0 Å². The van der Waals surface area contributed by atoms with E-state index in [1.54, 1.807) is 0 Å². The first-order chi connectivity index (χ1) is 40.7. The fourth-order valence-electron chi connectivity index (χ4n) is 14.2. The normalized spacial score (nSPS) is 13.0. The second kappa shape index (κ2) is 17.2. The minimum atomic E-state index is -0.534. The Bertz CT molecular complexity index is 5240. The Kier molecular flexibility index (Phi) is 9.53. The Morgan fingerprint density at radius 1 is 0.305 bits per heavy atom. The zero-order chi connectivity index (χ0) is 53.6. The Labute approximate surface area is 476 Å². The first-order valence-corrected chi connectivity index (χ1v) is 28.8. The third-order valence-electron chi connectivity index (χ3n) is 17.6. The topological polar surface area (TPSA) is 48.5 Å². The lowest BCUT2D eigenvalue weighted by Crippen LogP contribution is -2.25. The Hall–Kier alpha value is -10.5. The van der Waals surface area contributed by atoms with Gasteiger partial charge in [-0.05, 0) is 110 Å². The summed E-state index contributed by atoms with van der Waals surface area (Å²) in [6, 6.07) is 99.8. The van der Waals surface area contributed by atoms with Crippen LogP contribution in [0.15, 0.2) is 273 Å². The van der Waals surface area contributed by atoms with Crippen LogP contribution in [0.5, 0.6) is 0 Å². The van der Waals surface area contributed by atoms with Crippen LogP contribution in [0.2, 0.25) is 0 Å². The Morgan fingerprint density at radius 3 is 1.50 bits per heavy atom. The van der Waals surface area contributed by atoms with Gasteiger partial charge in [-0.3, -0.25) is 4.57 Å². The molecule has 16 aromatic rings. The second-order valence-electron chi connectivity index (χ2n) is 21.8. The summed E-state index contributed by atoms with van der Waals surface area (Å²) < 4.78 is 7.40. The molecular weight excluding hydrogens is 1010 g/mol. The van der Waals surface area contributed by atoms with Crippen molar-refractivity contribution in [2.24, 2.45) is 0 Å². The van der Waals surface area contributed by atoms with E-state index < -0.39 is 5.41 Å². The number of rotatable bonds is 6. The van der Waals surface area contributed by atoms with Crippen molar-refractivity contribution < 1.29 is 0 Å². The number of nitrogens with zero attached hydrogens (tertiary/aromatic N) is 5. The smallest absolute Gasteiger partial charge is 0.238 e. The predicted octanol–water partition coefficient (Wildman–Crippen LogP) is 19.4. The molecule has 1 spiro atoms. The van der Waals surface area contributed by atoms with E-state index in [0.717, 1.165) is 49.7 Å². The SMILES string of the molecule is c1ccc(-c2nc(-c3ccccc3)nc(-n3c4ccc(-c5ccc6c(c5)c5ccccc5n6-c5ccc(-c6cccc7c6sc6ccccc67)cc5)cc4c4ccc5c(c43)-c3ccccc3C53c4ccccc4-c4ccccc43)n2)cc1. The first-order valence-electron chi connectivity index (χ1n) is 28.0. The number of aromatic nitrogens is 5. The quantitative estimate of drug-likeness (QED) is 0.167. The summed E-state index contributed by atoms with van der Waals surface area (Å²) in [5.74, 6) is 1.80. The van der Waals surface area contributed by atoms with Gasteiger partial charge in [0.15, 0.2) is 11.6 Å². The van der Waals surface area contributed by atoms with Crippen LogP contribution in [0.1, 0.15) is 22.3 Å². The second-order valence-corrected chi connectivity index (χ2v) is 22.8. The van der Waals surface area contributed by atoms with Gasteiger partial charge < -0.3 is 4.57 Å². The predicted molar refractivity (Wildman–Crippen MR) is 339 cm³/mol. The highest BCUT2D eigenvalue weighted by molar-refractivity contribution is 7.26. The number of hydrogen-bond donors (Lipinski definition) is 0. The van der Waals surface area contributed by atoms with Crippen LogP contribution in [-0.4, -0.2) is 24.1 Å². The van der Waals surface area contributed by atoms with E-state index in [9.17, 15) is 0 Å². The summed E-state index contributed by atoms with van der Waals surface area (Å²) >= 11 is 1.88. The molecule has 18 rings (SSSR count). The van der Waals surface area contributed by atoms with Crippen molar-refractivity contribution in [2.75, 3.05) is 0 Å². The monoisotopic (exact) mass is 1060 g/mol. The molecule has 0 unspecified atom stereocenters. The molecule has 0 saturated carbocycles. The van der Waals surface area contributed by atoms with Gasteiger partial charge in [-0.1, -0.05) is 224 Å². The van der Waals surface area contributed by atoms with Crippen molar-refractivity contribution in [3.8, 4) is 78.9 Å². The highest BCUT2D eigenvalue weighted by Crippen LogP contribution is 2.64. The molecule has 6 heteroatoms. The number of hydrogen-bond acceptors (Lipinski definition) is 4. The largest absolute Gasteiger partial charge is 0.309 e. The van der Waals surface area contributed by atoms with E-state index in [4.69, 9.17) is 15.0 Å². The van der Waals surface area contributed by atoms with Gasteiger partial charge in [0.05, 0.1) is 27.5 Å². The maximum atomic E-state index is 5.46. The van der Waals surface area contributed by atoms with Crippen LogP contribution in [0.4, 0.5) is 0 Å². The summed E-state index contributed by atoms with van der Waals surface area (Å²) in [5, 5.41) is 7.31. The zero-order valence-electron chi connectivity index (χ0n) is 44.1. The van der Waals surface area contributed by atoms with Crippen LogP contribution in [0.3, 0.4) is 0 Å². The zero-order valence-corrected chi connectivity index (χ0v) is 44.9. The van der Waals surface area contributed by atoms with Gasteiger partial charge in [0.1, 0.15) is 0 Å². The molecule has 0 aliphatic heterocycles. The molecule has 0 fully saturated rings. The van der Waals surface area contributed by atoms with Crippen LogP contribution in [0, 0.1) is 0 Å². The molecule has 0 atom stereocenters. The van der Waals surface area contributed by atoms with Gasteiger partial charge in [0.2, 0.25) is 5.95 Å². The van der Waals surface area contributed by atoms with Crippen LogP contribution in [0.25, 0.3) is 143 Å². The van der Waals surface area contributed by atoms with Gasteiger partial charge in [0, 0.05) is 64.1 Å². The molecule has 380 valence electrons. The van der Waals surface area contributed by atoms with E-state index >= 15 is 0 Å². The number of benzene rings is 12. The lowest BCUT2D eigenvalue weighted by atomic mass is 9.70. The lowest BCUT2D eigenvalue weighted by Gasteiger charge is -2.30. The average molecular weight is 1060 g/mol. The van der Waals surface area contributed by atoms with Gasteiger partial charge in [0.25, 0.3) is 0 Å². The molecule has 4 heterocycles. The molecule has 2 aliphatic carbocycles. The van der Waals surface area contributed by atoms with Crippen LogP contribution < -0.4 is 0 Å². The molecule has 2 aliphatic rings. The van der Waals surface area contributed by atoms with Gasteiger partial charge in [-0.15, -0.1) is 11.3 Å². The summed E-state index contributed by atoms with van der Waals surface area (Å²) in [6.45, 7) is 0. The minimum absolute atomic E-state index is 0.534. The highest BCUT2D eigenvalue weighted by atomic mass is 32.1. The minimum Gasteiger partial charge on any atom is -0.309 e. The highest BCUT2D eigenvalue weighted by Gasteiger charge is 2.52. The lowest BCUT2D eigenvalue weighted by molar-refractivity contribution is 0.794. The van der Waals surface area contributed by atoms with Crippen molar-refractivity contribution in [1.82, 2.24) is 24.1 Å². The van der Waals surface area contributed by atoms with Crippen molar-refractivity contribution in [3.05, 3.63) is 295 Å². The van der Waals surface area contributed by atoms with Gasteiger partial charge in [-0.2, -0.15) is 9.97 Å². The summed E-state index contributed by atoms with van der Waals surface area (Å²) in [5.41, 5.74) is 21.8. The molecular formula is C76H45N5S. The van der Waals surface area contributed by atoms with Crippen molar-refractivity contribution in [1.29, 1.82) is 0 Å². The molecule has 0 amide bonds. The van der Waals surface area contributed by atoms with E-state index in [1.165, 1.54) is 97.6 Å². The number of para-hydroxylation sites is 1. The maximum Gasteiger partial charge on any atom is 0.238 e. The van der Waals surface area contributed by atoms with Crippen molar-refractivity contribution in [2.45, 2.75) is 5.41 Å². The molecule has 0 N–H and O–H groups in total. The van der Waals surface area contributed by atoms with E-state index in [2.05, 4.69) is 246 Å². The van der Waals surface area contributed by atoms with Crippen LogP contribution in [-0.2, 0) is 5.41 Å². The number of thiophene rings is 1. The molecule has 82 heavy (non-hydrogen) atoms. The average Bonchev–Trinajstić information content (AvgIpc) is 1.61. The third-order valence-corrected chi connectivity index (χ3v) is 18.8. The molecule has 4 aromatic heterocycles. The molecule has 0 bridgehead atoms. The van der Waals surface area contributed by atoms with Crippen LogP contribution >= 0.6 is 11.3 Å². The Morgan fingerprint density at radius 2 is 0.817 bits per heavy atom. The van der Waals surface area contributed by atoms with Crippen molar-refractivity contribution >= 4 is 75.1 Å². The van der Waals surface area contributed by atoms with Gasteiger partial charge >= 0.3 is 0 Å². The van der Waals surface area contributed by atoms with E-state index in [0.29, 0.717) is 17.6 Å². The maximum absolute atomic E-state index is 5.46. The molecule has 5 nitrogen and oxygen atoms in total. The summed E-state index contributed by atoms with van der Waals surface area (Å²) in [7, 11) is 0.